The minimum Gasteiger partial charge on any atom is -0.480 e. The van der Waals surface area contributed by atoms with Crippen LogP contribution in [-0.2, 0) is 9.59 Å². The second kappa shape index (κ2) is 6.96. The van der Waals surface area contributed by atoms with E-state index in [-0.39, 0.29) is 17.1 Å². The number of hydrogen-bond donors (Lipinski definition) is 3. The van der Waals surface area contributed by atoms with Gasteiger partial charge in [0, 0.05) is 5.02 Å². The molecule has 0 spiro atoms. The molecule has 0 unspecified atom stereocenters. The van der Waals surface area contributed by atoms with Crippen LogP contribution < -0.4 is 10.6 Å². The Morgan fingerprint density at radius 2 is 1.79 bits per heavy atom. The lowest BCUT2D eigenvalue weighted by atomic mass is 10.2. The molecule has 1 aromatic rings. The predicted molar refractivity (Wildman–Crippen MR) is 69.4 cm³/mol. The number of nitrogens with one attached hydrogen (secondary N) is 2. The van der Waals surface area contributed by atoms with Crippen molar-refractivity contribution < 1.29 is 19.5 Å². The summed E-state index contributed by atoms with van der Waals surface area (Å²) in [5, 5.41) is 13.3. The quantitative estimate of drug-likeness (QED) is 0.754. The number of rotatable bonds is 5. The van der Waals surface area contributed by atoms with Gasteiger partial charge in [0.2, 0.25) is 5.91 Å². The van der Waals surface area contributed by atoms with E-state index in [1.165, 1.54) is 18.2 Å². The molecule has 19 heavy (non-hydrogen) atoms. The number of carboxylic acids is 1. The van der Waals surface area contributed by atoms with Crippen LogP contribution in [0.15, 0.2) is 18.2 Å². The molecule has 0 bridgehead atoms. The highest BCUT2D eigenvalue weighted by atomic mass is 35.5. The molecule has 102 valence electrons. The second-order valence-electron chi connectivity index (χ2n) is 3.48. The zero-order valence-electron chi connectivity index (χ0n) is 9.57. The van der Waals surface area contributed by atoms with Crippen LogP contribution in [0.5, 0.6) is 0 Å². The lowest BCUT2D eigenvalue weighted by molar-refractivity contribution is -0.137. The van der Waals surface area contributed by atoms with Gasteiger partial charge in [0.1, 0.15) is 6.54 Å². The number of carbonyl (C=O) groups is 3. The average Bonchev–Trinajstić information content (AvgIpc) is 2.36. The minimum atomic E-state index is -1.17. The number of carboxylic acid groups (broad SMARTS) is 1. The first-order valence-corrected chi connectivity index (χ1v) is 5.87. The van der Waals surface area contributed by atoms with E-state index in [0.29, 0.717) is 5.02 Å². The fourth-order valence-corrected chi connectivity index (χ4v) is 1.54. The van der Waals surface area contributed by atoms with Gasteiger partial charge in [-0.2, -0.15) is 0 Å². The molecule has 0 radical (unpaired) electrons. The van der Waals surface area contributed by atoms with Crippen LogP contribution in [0.2, 0.25) is 10.0 Å². The zero-order chi connectivity index (χ0) is 14.4. The molecule has 0 aliphatic rings. The molecule has 8 heteroatoms. The number of amides is 2. The summed E-state index contributed by atoms with van der Waals surface area (Å²) in [7, 11) is 0. The normalized spacial score (nSPS) is 9.79. The maximum atomic E-state index is 11.7. The van der Waals surface area contributed by atoms with Gasteiger partial charge in [0.05, 0.1) is 17.1 Å². The molecule has 0 saturated carbocycles. The Hall–Kier alpha value is -1.79. The Morgan fingerprint density at radius 1 is 1.11 bits per heavy atom. The highest BCUT2D eigenvalue weighted by Gasteiger charge is 2.12. The summed E-state index contributed by atoms with van der Waals surface area (Å²) in [6.45, 7) is -0.860. The van der Waals surface area contributed by atoms with E-state index < -0.39 is 24.3 Å². The first-order chi connectivity index (χ1) is 8.90. The van der Waals surface area contributed by atoms with Crippen molar-refractivity contribution in [3.05, 3.63) is 33.8 Å². The summed E-state index contributed by atoms with van der Waals surface area (Å²) in [5.74, 6) is -2.36. The van der Waals surface area contributed by atoms with Crippen LogP contribution in [-0.4, -0.2) is 36.0 Å². The smallest absolute Gasteiger partial charge is 0.322 e. The number of benzene rings is 1. The maximum Gasteiger partial charge on any atom is 0.322 e. The summed E-state index contributed by atoms with van der Waals surface area (Å²) >= 11 is 11.5. The highest BCUT2D eigenvalue weighted by molar-refractivity contribution is 6.35. The third-order valence-corrected chi connectivity index (χ3v) is 2.58. The summed E-state index contributed by atoms with van der Waals surface area (Å²) in [5.41, 5.74) is 0.139. The molecule has 0 aromatic heterocycles. The minimum absolute atomic E-state index is 0.139. The van der Waals surface area contributed by atoms with Gasteiger partial charge < -0.3 is 15.7 Å². The molecule has 0 heterocycles. The Kier molecular flexibility index (Phi) is 5.59. The molecule has 0 aliphatic heterocycles. The van der Waals surface area contributed by atoms with E-state index in [2.05, 4.69) is 10.6 Å². The highest BCUT2D eigenvalue weighted by Crippen LogP contribution is 2.20. The SMILES string of the molecule is O=C(O)CNC(=O)CNC(=O)c1cc(Cl)ccc1Cl. The van der Waals surface area contributed by atoms with Gasteiger partial charge in [-0.15, -0.1) is 0 Å². The van der Waals surface area contributed by atoms with E-state index in [9.17, 15) is 14.4 Å². The summed E-state index contributed by atoms with van der Waals surface area (Å²) < 4.78 is 0. The molecule has 1 aromatic carbocycles. The van der Waals surface area contributed by atoms with Crippen molar-refractivity contribution in [2.45, 2.75) is 0 Å². The first kappa shape index (κ1) is 15.3. The van der Waals surface area contributed by atoms with Crippen molar-refractivity contribution in [2.24, 2.45) is 0 Å². The largest absolute Gasteiger partial charge is 0.480 e. The van der Waals surface area contributed by atoms with Crippen LogP contribution >= 0.6 is 23.2 Å². The molecular weight excluding hydrogens is 295 g/mol. The number of aliphatic carboxylic acids is 1. The van der Waals surface area contributed by atoms with Gasteiger partial charge in [-0.05, 0) is 18.2 Å². The van der Waals surface area contributed by atoms with E-state index in [1.807, 2.05) is 0 Å². The summed E-state index contributed by atoms with van der Waals surface area (Å²) in [6, 6.07) is 4.36. The van der Waals surface area contributed by atoms with Gasteiger partial charge in [-0.25, -0.2) is 0 Å². The molecular formula is C11H10Cl2N2O4. The van der Waals surface area contributed by atoms with E-state index in [0.717, 1.165) is 0 Å². The Balaban J connectivity index is 2.53. The molecule has 0 fully saturated rings. The van der Waals surface area contributed by atoms with Crippen LogP contribution in [0.1, 0.15) is 10.4 Å². The molecule has 0 saturated heterocycles. The van der Waals surface area contributed by atoms with E-state index in [4.69, 9.17) is 28.3 Å². The Bertz CT molecular complexity index is 519. The van der Waals surface area contributed by atoms with Crippen molar-refractivity contribution in [3.8, 4) is 0 Å². The fraction of sp³-hybridized carbons (Fsp3) is 0.182. The van der Waals surface area contributed by atoms with Crippen molar-refractivity contribution in [3.63, 3.8) is 0 Å². The van der Waals surface area contributed by atoms with Gasteiger partial charge >= 0.3 is 5.97 Å². The predicted octanol–water partition coefficient (Wildman–Crippen LogP) is 0.924. The standard InChI is InChI=1S/C11H10Cl2N2O4/c12-6-1-2-8(13)7(3-6)11(19)15-4-9(16)14-5-10(17)18/h1-3H,4-5H2,(H,14,16)(H,15,19)(H,17,18). The topological polar surface area (TPSA) is 95.5 Å². The lowest BCUT2D eigenvalue weighted by Crippen LogP contribution is -2.39. The van der Waals surface area contributed by atoms with Crippen molar-refractivity contribution in [1.82, 2.24) is 10.6 Å². The van der Waals surface area contributed by atoms with Crippen LogP contribution in [0.3, 0.4) is 0 Å². The van der Waals surface area contributed by atoms with Gasteiger partial charge in [0.25, 0.3) is 5.91 Å². The molecule has 1 rings (SSSR count). The van der Waals surface area contributed by atoms with Gasteiger partial charge in [0.15, 0.2) is 0 Å². The van der Waals surface area contributed by atoms with Gasteiger partial charge in [-0.1, -0.05) is 23.2 Å². The van der Waals surface area contributed by atoms with Gasteiger partial charge in [-0.3, -0.25) is 14.4 Å². The monoisotopic (exact) mass is 304 g/mol. The van der Waals surface area contributed by atoms with Crippen LogP contribution in [0, 0.1) is 0 Å². The second-order valence-corrected chi connectivity index (χ2v) is 4.32. The Labute approximate surface area is 118 Å². The van der Waals surface area contributed by atoms with Crippen LogP contribution in [0.4, 0.5) is 0 Å². The molecule has 3 N–H and O–H groups in total. The van der Waals surface area contributed by atoms with Crippen molar-refractivity contribution in [2.75, 3.05) is 13.1 Å². The molecule has 0 atom stereocenters. The van der Waals surface area contributed by atoms with E-state index in [1.54, 1.807) is 0 Å². The Morgan fingerprint density at radius 3 is 2.42 bits per heavy atom. The number of hydrogen-bond acceptors (Lipinski definition) is 3. The molecule has 6 nitrogen and oxygen atoms in total. The summed E-state index contributed by atoms with van der Waals surface area (Å²) in [6.07, 6.45) is 0. The average molecular weight is 305 g/mol. The lowest BCUT2D eigenvalue weighted by Gasteiger charge is -2.07. The molecule has 2 amide bonds. The third kappa shape index (κ3) is 5.15. The summed E-state index contributed by atoms with van der Waals surface area (Å²) in [4.78, 5) is 33.1. The third-order valence-electron chi connectivity index (χ3n) is 2.02. The fourth-order valence-electron chi connectivity index (χ4n) is 1.16. The zero-order valence-corrected chi connectivity index (χ0v) is 11.1. The number of halogens is 2. The van der Waals surface area contributed by atoms with Crippen molar-refractivity contribution in [1.29, 1.82) is 0 Å². The maximum absolute atomic E-state index is 11.7. The van der Waals surface area contributed by atoms with Crippen LogP contribution in [0.25, 0.3) is 0 Å². The van der Waals surface area contributed by atoms with Crippen molar-refractivity contribution >= 4 is 41.0 Å². The number of carbonyl (C=O) groups excluding carboxylic acids is 2. The van der Waals surface area contributed by atoms with E-state index >= 15 is 0 Å². The molecule has 0 aliphatic carbocycles. The first-order valence-electron chi connectivity index (χ1n) is 5.12.